The molecule has 0 bridgehead atoms. The van der Waals surface area contributed by atoms with Crippen LogP contribution in [0.2, 0.25) is 0 Å². The van der Waals surface area contributed by atoms with Gasteiger partial charge in [-0.05, 0) is 55.0 Å². The van der Waals surface area contributed by atoms with Gasteiger partial charge in [-0.2, -0.15) is 0 Å². The van der Waals surface area contributed by atoms with Gasteiger partial charge in [0, 0.05) is 30.0 Å². The minimum absolute atomic E-state index is 0.122. The summed E-state index contributed by atoms with van der Waals surface area (Å²) in [4.78, 5) is 28.7. The lowest BCUT2D eigenvalue weighted by molar-refractivity contribution is 0.0998. The van der Waals surface area contributed by atoms with Crippen LogP contribution in [0, 0.1) is 0 Å². The monoisotopic (exact) mass is 390 g/mol. The Bertz CT molecular complexity index is 976. The van der Waals surface area contributed by atoms with E-state index in [0.717, 1.165) is 24.5 Å². The fourth-order valence-electron chi connectivity index (χ4n) is 3.55. The van der Waals surface area contributed by atoms with Crippen LogP contribution in [0.25, 0.3) is 0 Å². The van der Waals surface area contributed by atoms with Crippen molar-refractivity contribution in [1.29, 1.82) is 0 Å². The summed E-state index contributed by atoms with van der Waals surface area (Å²) in [6, 6.07) is 18.5. The Morgan fingerprint density at radius 2 is 1.64 bits per heavy atom. The predicted octanol–water partition coefficient (Wildman–Crippen LogP) is 5.22. The van der Waals surface area contributed by atoms with E-state index in [1.165, 1.54) is 30.6 Å². The first kappa shape index (κ1) is 18.4. The number of rotatable bonds is 5. The second-order valence-corrected chi connectivity index (χ2v) is 7.85. The summed E-state index contributed by atoms with van der Waals surface area (Å²) in [5.41, 5.74) is 2.69. The second kappa shape index (κ2) is 8.40. The van der Waals surface area contributed by atoms with Crippen molar-refractivity contribution in [2.75, 3.05) is 23.3 Å². The summed E-state index contributed by atoms with van der Waals surface area (Å²) >= 11 is 1.38. The topological polar surface area (TPSA) is 49.4 Å². The molecule has 0 atom stereocenters. The van der Waals surface area contributed by atoms with E-state index in [4.69, 9.17) is 0 Å². The number of piperidine rings is 1. The lowest BCUT2D eigenvalue weighted by Crippen LogP contribution is -2.29. The van der Waals surface area contributed by atoms with Crippen molar-refractivity contribution >= 4 is 34.4 Å². The van der Waals surface area contributed by atoms with Gasteiger partial charge in [0.15, 0.2) is 0 Å². The van der Waals surface area contributed by atoms with Crippen LogP contribution in [0.15, 0.2) is 66.0 Å². The molecule has 4 nitrogen and oxygen atoms in total. The highest BCUT2D eigenvalue weighted by atomic mass is 32.1. The van der Waals surface area contributed by atoms with E-state index in [1.54, 1.807) is 30.3 Å². The average molecular weight is 391 g/mol. The van der Waals surface area contributed by atoms with Gasteiger partial charge in [0.1, 0.15) is 0 Å². The molecule has 142 valence electrons. The highest BCUT2D eigenvalue weighted by molar-refractivity contribution is 7.12. The molecular weight excluding hydrogens is 368 g/mol. The predicted molar refractivity (Wildman–Crippen MR) is 115 cm³/mol. The van der Waals surface area contributed by atoms with Gasteiger partial charge in [0.2, 0.25) is 5.78 Å². The number of nitrogens with one attached hydrogen (secondary N) is 1. The molecule has 0 aliphatic carbocycles. The normalized spacial score (nSPS) is 13.9. The summed E-state index contributed by atoms with van der Waals surface area (Å²) in [5, 5.41) is 4.83. The summed E-state index contributed by atoms with van der Waals surface area (Å²) in [6.45, 7) is 2.10. The van der Waals surface area contributed by atoms with Crippen molar-refractivity contribution in [3.8, 4) is 0 Å². The molecule has 1 aliphatic heterocycles. The van der Waals surface area contributed by atoms with Gasteiger partial charge in [-0.3, -0.25) is 9.59 Å². The lowest BCUT2D eigenvalue weighted by Gasteiger charge is -2.29. The van der Waals surface area contributed by atoms with Gasteiger partial charge in [0.25, 0.3) is 5.91 Å². The molecule has 0 unspecified atom stereocenters. The third-order valence-corrected chi connectivity index (χ3v) is 5.86. The first-order valence-electron chi connectivity index (χ1n) is 9.56. The summed E-state index contributed by atoms with van der Waals surface area (Å²) in [7, 11) is 0. The Labute approximate surface area is 168 Å². The number of ketones is 1. The van der Waals surface area contributed by atoms with Crippen molar-refractivity contribution in [3.63, 3.8) is 0 Å². The standard InChI is InChI=1S/C23H22N2O2S/c26-22(21-12-7-15-28-21)19-10-2-3-11-20(19)23(27)24-17-8-6-9-18(16-17)25-13-4-1-5-14-25/h2-3,6-12,15-16H,1,4-5,13-14H2,(H,24,27). The summed E-state index contributed by atoms with van der Waals surface area (Å²) in [6.07, 6.45) is 3.69. The van der Waals surface area contributed by atoms with E-state index < -0.39 is 0 Å². The maximum absolute atomic E-state index is 12.9. The molecule has 1 fully saturated rings. The summed E-state index contributed by atoms with van der Waals surface area (Å²) in [5.74, 6) is -0.390. The van der Waals surface area contributed by atoms with E-state index >= 15 is 0 Å². The maximum Gasteiger partial charge on any atom is 0.256 e. The highest BCUT2D eigenvalue weighted by Gasteiger charge is 2.19. The van der Waals surface area contributed by atoms with Crippen molar-refractivity contribution in [1.82, 2.24) is 0 Å². The van der Waals surface area contributed by atoms with Crippen molar-refractivity contribution in [3.05, 3.63) is 82.0 Å². The smallest absolute Gasteiger partial charge is 0.256 e. The molecule has 0 spiro atoms. The molecule has 2 aromatic carbocycles. The van der Waals surface area contributed by atoms with E-state index in [1.807, 2.05) is 29.6 Å². The number of carbonyl (C=O) groups is 2. The van der Waals surface area contributed by atoms with Gasteiger partial charge in [-0.15, -0.1) is 11.3 Å². The fourth-order valence-corrected chi connectivity index (χ4v) is 4.23. The molecule has 28 heavy (non-hydrogen) atoms. The molecule has 1 aliphatic rings. The summed E-state index contributed by atoms with van der Waals surface area (Å²) < 4.78 is 0. The van der Waals surface area contributed by atoms with Gasteiger partial charge in [-0.1, -0.05) is 30.3 Å². The Morgan fingerprint density at radius 3 is 2.39 bits per heavy atom. The van der Waals surface area contributed by atoms with Crippen LogP contribution in [0.4, 0.5) is 11.4 Å². The minimum atomic E-state index is -0.267. The van der Waals surface area contributed by atoms with Gasteiger partial charge in [0.05, 0.1) is 10.4 Å². The van der Waals surface area contributed by atoms with Crippen LogP contribution in [0.1, 0.15) is 44.9 Å². The Balaban J connectivity index is 1.55. The average Bonchev–Trinajstić information content (AvgIpc) is 3.29. The van der Waals surface area contributed by atoms with E-state index in [0.29, 0.717) is 16.0 Å². The minimum Gasteiger partial charge on any atom is -0.371 e. The number of carbonyl (C=O) groups excluding carboxylic acids is 2. The number of benzene rings is 2. The van der Waals surface area contributed by atoms with Crippen LogP contribution < -0.4 is 10.2 Å². The zero-order valence-electron chi connectivity index (χ0n) is 15.6. The Hall–Kier alpha value is -2.92. The zero-order valence-corrected chi connectivity index (χ0v) is 16.4. The van der Waals surface area contributed by atoms with E-state index in [9.17, 15) is 9.59 Å². The molecular formula is C23H22N2O2S. The van der Waals surface area contributed by atoms with Crippen LogP contribution in [0.3, 0.4) is 0 Å². The zero-order chi connectivity index (χ0) is 19.3. The molecule has 1 N–H and O–H groups in total. The Kier molecular flexibility index (Phi) is 5.53. The third-order valence-electron chi connectivity index (χ3n) is 4.99. The maximum atomic E-state index is 12.9. The van der Waals surface area contributed by atoms with Crippen LogP contribution >= 0.6 is 11.3 Å². The molecule has 5 heteroatoms. The number of hydrogen-bond acceptors (Lipinski definition) is 4. The van der Waals surface area contributed by atoms with E-state index in [2.05, 4.69) is 16.3 Å². The quantitative estimate of drug-likeness (QED) is 0.608. The third kappa shape index (κ3) is 3.99. The van der Waals surface area contributed by atoms with Crippen molar-refractivity contribution in [2.45, 2.75) is 19.3 Å². The SMILES string of the molecule is O=C(Nc1cccc(N2CCCCC2)c1)c1ccccc1C(=O)c1cccs1. The molecule has 0 saturated carbocycles. The van der Waals surface area contributed by atoms with Crippen molar-refractivity contribution in [2.24, 2.45) is 0 Å². The number of hydrogen-bond donors (Lipinski definition) is 1. The molecule has 3 aromatic rings. The number of thiophene rings is 1. The number of amides is 1. The lowest BCUT2D eigenvalue weighted by atomic mass is 10.0. The van der Waals surface area contributed by atoms with Crippen LogP contribution in [0.5, 0.6) is 0 Å². The largest absolute Gasteiger partial charge is 0.371 e. The molecule has 2 heterocycles. The Morgan fingerprint density at radius 1 is 0.857 bits per heavy atom. The molecule has 0 radical (unpaired) electrons. The molecule has 1 amide bonds. The second-order valence-electron chi connectivity index (χ2n) is 6.90. The molecule has 4 rings (SSSR count). The van der Waals surface area contributed by atoms with E-state index in [-0.39, 0.29) is 11.7 Å². The van der Waals surface area contributed by atoms with Crippen molar-refractivity contribution < 1.29 is 9.59 Å². The van der Waals surface area contributed by atoms with Gasteiger partial charge >= 0.3 is 0 Å². The molecule has 1 saturated heterocycles. The van der Waals surface area contributed by atoms with Crippen LogP contribution in [-0.4, -0.2) is 24.8 Å². The number of anilines is 2. The van der Waals surface area contributed by atoms with Gasteiger partial charge in [-0.25, -0.2) is 0 Å². The first-order valence-corrected chi connectivity index (χ1v) is 10.4. The fraction of sp³-hybridized carbons (Fsp3) is 0.217. The van der Waals surface area contributed by atoms with Crippen LogP contribution in [-0.2, 0) is 0 Å². The van der Waals surface area contributed by atoms with Gasteiger partial charge < -0.3 is 10.2 Å². The first-order chi connectivity index (χ1) is 13.7. The highest BCUT2D eigenvalue weighted by Crippen LogP contribution is 2.24. The molecule has 1 aromatic heterocycles. The number of nitrogens with zero attached hydrogens (tertiary/aromatic N) is 1.